The van der Waals surface area contributed by atoms with Gasteiger partial charge in [0, 0.05) is 0 Å². The molecule has 0 fully saturated rings. The Kier molecular flexibility index (Phi) is 2.31. The van der Waals surface area contributed by atoms with Crippen LogP contribution in [0.4, 0.5) is 0 Å². The molecule has 11 heavy (non-hydrogen) atoms. The highest BCUT2D eigenvalue weighted by molar-refractivity contribution is 5.84. The van der Waals surface area contributed by atoms with Gasteiger partial charge in [-0.2, -0.15) is 0 Å². The van der Waals surface area contributed by atoms with E-state index in [0.29, 0.717) is 6.42 Å². The lowest BCUT2D eigenvalue weighted by Crippen LogP contribution is -2.05. The lowest BCUT2D eigenvalue weighted by atomic mass is 10.1. The van der Waals surface area contributed by atoms with Crippen molar-refractivity contribution in [2.75, 3.05) is 0 Å². The van der Waals surface area contributed by atoms with E-state index in [1.165, 1.54) is 6.26 Å². The Morgan fingerprint density at radius 2 is 2.55 bits per heavy atom. The molecule has 0 aromatic heterocycles. The highest BCUT2D eigenvalue weighted by Crippen LogP contribution is 2.16. The smallest absolute Gasteiger partial charge is 0.371 e. The Hall–Kier alpha value is -1.25. The van der Waals surface area contributed by atoms with E-state index in [4.69, 9.17) is 9.84 Å². The standard InChI is InChI=1S/C8H10O3/c1-2-6-3-4-7(8(9)10)11-5-6/h4-5H,2-3H2,1H3,(H,9,10). The maximum Gasteiger partial charge on any atom is 0.371 e. The van der Waals surface area contributed by atoms with Crippen molar-refractivity contribution in [2.45, 2.75) is 19.8 Å². The highest BCUT2D eigenvalue weighted by atomic mass is 16.5. The van der Waals surface area contributed by atoms with Gasteiger partial charge in [0.15, 0.2) is 0 Å². The largest absolute Gasteiger partial charge is 0.475 e. The molecule has 0 saturated carbocycles. The lowest BCUT2D eigenvalue weighted by molar-refractivity contribution is -0.135. The van der Waals surface area contributed by atoms with Gasteiger partial charge in [0.05, 0.1) is 6.26 Å². The third kappa shape index (κ3) is 1.83. The fraction of sp³-hybridized carbons (Fsp3) is 0.375. The van der Waals surface area contributed by atoms with Gasteiger partial charge < -0.3 is 9.84 Å². The summed E-state index contributed by atoms with van der Waals surface area (Å²) < 4.78 is 4.84. The molecule has 0 spiro atoms. The first-order chi connectivity index (χ1) is 5.24. The zero-order chi connectivity index (χ0) is 8.27. The van der Waals surface area contributed by atoms with Gasteiger partial charge in [-0.3, -0.25) is 0 Å². The van der Waals surface area contributed by atoms with Crippen molar-refractivity contribution in [3.05, 3.63) is 23.7 Å². The summed E-state index contributed by atoms with van der Waals surface area (Å²) in [5.74, 6) is -0.974. The molecule has 3 nitrogen and oxygen atoms in total. The van der Waals surface area contributed by atoms with Crippen LogP contribution in [0.3, 0.4) is 0 Å². The summed E-state index contributed by atoms with van der Waals surface area (Å²) >= 11 is 0. The summed E-state index contributed by atoms with van der Waals surface area (Å²) in [5.41, 5.74) is 1.12. The number of carbonyl (C=O) groups is 1. The van der Waals surface area contributed by atoms with Gasteiger partial charge in [-0.15, -0.1) is 0 Å². The molecule has 1 aliphatic rings. The number of allylic oxidation sites excluding steroid dienone is 2. The molecule has 0 saturated heterocycles. The average molecular weight is 154 g/mol. The third-order valence-corrected chi connectivity index (χ3v) is 1.57. The second-order valence-electron chi connectivity index (χ2n) is 2.33. The van der Waals surface area contributed by atoms with Gasteiger partial charge in [0.2, 0.25) is 5.76 Å². The molecular formula is C8H10O3. The number of carboxylic acids is 1. The van der Waals surface area contributed by atoms with Crippen LogP contribution in [0.15, 0.2) is 23.7 Å². The number of hydrogen-bond donors (Lipinski definition) is 1. The summed E-state index contributed by atoms with van der Waals surface area (Å²) in [7, 11) is 0. The molecule has 1 heterocycles. The minimum Gasteiger partial charge on any atom is -0.475 e. The van der Waals surface area contributed by atoms with E-state index < -0.39 is 5.97 Å². The van der Waals surface area contributed by atoms with E-state index in [2.05, 4.69) is 0 Å². The zero-order valence-corrected chi connectivity index (χ0v) is 6.33. The molecule has 0 radical (unpaired) electrons. The van der Waals surface area contributed by atoms with E-state index in [1.54, 1.807) is 6.08 Å². The van der Waals surface area contributed by atoms with Crippen molar-refractivity contribution in [3.63, 3.8) is 0 Å². The normalized spacial score (nSPS) is 16.5. The first-order valence-corrected chi connectivity index (χ1v) is 3.52. The number of carboxylic acid groups (broad SMARTS) is 1. The fourth-order valence-electron chi connectivity index (χ4n) is 0.832. The Balaban J connectivity index is 2.57. The molecule has 0 unspecified atom stereocenters. The SMILES string of the molecule is CCC1=COC(C(=O)O)=CC1. The maximum atomic E-state index is 10.3. The number of hydrogen-bond acceptors (Lipinski definition) is 2. The summed E-state index contributed by atoms with van der Waals surface area (Å²) in [4.78, 5) is 10.3. The molecule has 0 aromatic rings. The summed E-state index contributed by atoms with van der Waals surface area (Å²) in [6, 6.07) is 0. The molecule has 0 aromatic carbocycles. The average Bonchev–Trinajstić information content (AvgIpc) is 2.05. The van der Waals surface area contributed by atoms with Crippen molar-refractivity contribution in [1.29, 1.82) is 0 Å². The Labute approximate surface area is 65.0 Å². The summed E-state index contributed by atoms with van der Waals surface area (Å²) in [5, 5.41) is 8.47. The van der Waals surface area contributed by atoms with E-state index >= 15 is 0 Å². The van der Waals surface area contributed by atoms with E-state index in [0.717, 1.165) is 12.0 Å². The predicted molar refractivity (Wildman–Crippen MR) is 39.8 cm³/mol. The first-order valence-electron chi connectivity index (χ1n) is 3.52. The van der Waals surface area contributed by atoms with Crippen molar-refractivity contribution in [2.24, 2.45) is 0 Å². The van der Waals surface area contributed by atoms with Crippen molar-refractivity contribution < 1.29 is 14.6 Å². The van der Waals surface area contributed by atoms with Gasteiger partial charge in [-0.1, -0.05) is 6.92 Å². The minimum atomic E-state index is -1.00. The Morgan fingerprint density at radius 1 is 1.82 bits per heavy atom. The van der Waals surface area contributed by atoms with Crippen molar-refractivity contribution in [3.8, 4) is 0 Å². The molecule has 1 N–H and O–H groups in total. The number of rotatable bonds is 2. The van der Waals surface area contributed by atoms with Crippen LogP contribution in [0.1, 0.15) is 19.8 Å². The molecule has 60 valence electrons. The van der Waals surface area contributed by atoms with Crippen LogP contribution in [0.5, 0.6) is 0 Å². The monoisotopic (exact) mass is 154 g/mol. The van der Waals surface area contributed by atoms with E-state index in [-0.39, 0.29) is 5.76 Å². The molecule has 0 atom stereocenters. The van der Waals surface area contributed by atoms with Crippen molar-refractivity contribution >= 4 is 5.97 Å². The topological polar surface area (TPSA) is 46.5 Å². The molecule has 0 aliphatic carbocycles. The second-order valence-corrected chi connectivity index (χ2v) is 2.33. The first kappa shape index (κ1) is 7.85. The van der Waals surface area contributed by atoms with Crippen LogP contribution in [0, 0.1) is 0 Å². The van der Waals surface area contributed by atoms with E-state index in [9.17, 15) is 4.79 Å². The Bertz CT molecular complexity index is 225. The number of aliphatic carboxylic acids is 1. The van der Waals surface area contributed by atoms with Crippen LogP contribution in [0.2, 0.25) is 0 Å². The van der Waals surface area contributed by atoms with Gasteiger partial charge in [-0.25, -0.2) is 4.79 Å². The second kappa shape index (κ2) is 3.23. The maximum absolute atomic E-state index is 10.3. The van der Waals surface area contributed by atoms with Crippen LogP contribution >= 0.6 is 0 Å². The zero-order valence-electron chi connectivity index (χ0n) is 6.33. The lowest BCUT2D eigenvalue weighted by Gasteiger charge is -2.09. The van der Waals surface area contributed by atoms with Gasteiger partial charge >= 0.3 is 5.97 Å². The third-order valence-electron chi connectivity index (χ3n) is 1.57. The van der Waals surface area contributed by atoms with Crippen LogP contribution < -0.4 is 0 Å². The molecule has 0 amide bonds. The number of ether oxygens (including phenoxy) is 1. The summed E-state index contributed by atoms with van der Waals surface area (Å²) in [6.45, 7) is 2.01. The van der Waals surface area contributed by atoms with Crippen LogP contribution in [-0.2, 0) is 9.53 Å². The minimum absolute atomic E-state index is 0.0298. The highest BCUT2D eigenvalue weighted by Gasteiger charge is 2.11. The van der Waals surface area contributed by atoms with Crippen molar-refractivity contribution in [1.82, 2.24) is 0 Å². The molecule has 1 rings (SSSR count). The molecule has 1 aliphatic heterocycles. The van der Waals surface area contributed by atoms with Gasteiger partial charge in [-0.05, 0) is 24.5 Å². The fourth-order valence-corrected chi connectivity index (χ4v) is 0.832. The summed E-state index contributed by atoms with van der Waals surface area (Å²) in [6.07, 6.45) is 4.70. The van der Waals surface area contributed by atoms with E-state index in [1.807, 2.05) is 6.92 Å². The molecule has 3 heteroatoms. The Morgan fingerprint density at radius 3 is 2.91 bits per heavy atom. The van der Waals surface area contributed by atoms with Gasteiger partial charge in [0.25, 0.3) is 0 Å². The quantitative estimate of drug-likeness (QED) is 0.658. The van der Waals surface area contributed by atoms with Crippen LogP contribution in [0.25, 0.3) is 0 Å². The molecule has 0 bridgehead atoms. The van der Waals surface area contributed by atoms with Gasteiger partial charge in [0.1, 0.15) is 0 Å². The predicted octanol–water partition coefficient (Wildman–Crippen LogP) is 1.67. The van der Waals surface area contributed by atoms with Crippen LogP contribution in [-0.4, -0.2) is 11.1 Å². The molecular weight excluding hydrogens is 144 g/mol.